The number of nitrogens with zero attached hydrogens (tertiary/aromatic N) is 1. The van der Waals surface area contributed by atoms with E-state index < -0.39 is 10.0 Å². The van der Waals surface area contributed by atoms with Gasteiger partial charge in [0.25, 0.3) is 0 Å². The van der Waals surface area contributed by atoms with Gasteiger partial charge in [-0.25, -0.2) is 8.42 Å². The van der Waals surface area contributed by atoms with E-state index in [0.717, 1.165) is 6.26 Å². The number of hydrogen-bond donors (Lipinski definition) is 1. The van der Waals surface area contributed by atoms with Crippen LogP contribution >= 0.6 is 34.8 Å². The summed E-state index contributed by atoms with van der Waals surface area (Å²) in [6.45, 7) is 0.144. The van der Waals surface area contributed by atoms with Crippen molar-refractivity contribution in [2.45, 2.75) is 12.8 Å². The Morgan fingerprint density at radius 2 is 1.69 bits per heavy atom. The second-order valence-corrected chi connectivity index (χ2v) is 8.75. The third kappa shape index (κ3) is 6.06. The summed E-state index contributed by atoms with van der Waals surface area (Å²) < 4.78 is 25.3. The Hall–Kier alpha value is -1.47. The lowest BCUT2D eigenvalue weighted by molar-refractivity contribution is -0.116. The topological polar surface area (TPSA) is 66.5 Å². The second-order valence-electron chi connectivity index (χ2n) is 5.59. The molecule has 1 amide bonds. The molecule has 5 nitrogen and oxygen atoms in total. The van der Waals surface area contributed by atoms with Crippen molar-refractivity contribution in [2.24, 2.45) is 0 Å². The summed E-state index contributed by atoms with van der Waals surface area (Å²) in [7, 11) is -3.52. The van der Waals surface area contributed by atoms with Gasteiger partial charge in [-0.05, 0) is 48.9 Å². The molecule has 0 fully saturated rings. The lowest BCUT2D eigenvalue weighted by atomic mass is 10.2. The highest BCUT2D eigenvalue weighted by Crippen LogP contribution is 2.28. The van der Waals surface area contributed by atoms with Crippen LogP contribution in [0.3, 0.4) is 0 Å². The summed E-state index contributed by atoms with van der Waals surface area (Å²) >= 11 is 17.6. The Bertz CT molecular complexity index is 887. The molecule has 1 N–H and O–H groups in total. The van der Waals surface area contributed by atoms with E-state index in [0.29, 0.717) is 27.8 Å². The van der Waals surface area contributed by atoms with Gasteiger partial charge in [-0.3, -0.25) is 9.10 Å². The monoisotopic (exact) mass is 434 g/mol. The highest BCUT2D eigenvalue weighted by Gasteiger charge is 2.18. The van der Waals surface area contributed by atoms with E-state index >= 15 is 0 Å². The van der Waals surface area contributed by atoms with Gasteiger partial charge in [0.05, 0.1) is 22.0 Å². The number of halogens is 3. The average molecular weight is 436 g/mol. The van der Waals surface area contributed by atoms with Gasteiger partial charge in [0.15, 0.2) is 0 Å². The largest absolute Gasteiger partial charge is 0.326 e. The number of amides is 1. The molecule has 0 spiro atoms. The van der Waals surface area contributed by atoms with Gasteiger partial charge in [0.1, 0.15) is 0 Å². The van der Waals surface area contributed by atoms with Gasteiger partial charge >= 0.3 is 0 Å². The van der Waals surface area contributed by atoms with E-state index in [1.54, 1.807) is 30.3 Å². The number of hydrogen-bond acceptors (Lipinski definition) is 3. The molecule has 2 aromatic carbocycles. The quantitative estimate of drug-likeness (QED) is 0.677. The van der Waals surface area contributed by atoms with Crippen LogP contribution in [-0.4, -0.2) is 27.1 Å². The van der Waals surface area contributed by atoms with Crippen LogP contribution in [0.1, 0.15) is 12.8 Å². The summed E-state index contributed by atoms with van der Waals surface area (Å²) in [5, 5.41) is 3.91. The van der Waals surface area contributed by atoms with Crippen LogP contribution in [0.4, 0.5) is 11.4 Å². The van der Waals surface area contributed by atoms with E-state index in [4.69, 9.17) is 34.8 Å². The molecule has 26 heavy (non-hydrogen) atoms. The van der Waals surface area contributed by atoms with Crippen molar-refractivity contribution >= 4 is 62.1 Å². The Balaban J connectivity index is 1.98. The minimum Gasteiger partial charge on any atom is -0.326 e. The predicted octanol–water partition coefficient (Wildman–Crippen LogP) is 4.83. The van der Waals surface area contributed by atoms with Crippen molar-refractivity contribution < 1.29 is 13.2 Å². The molecule has 0 bridgehead atoms. The van der Waals surface area contributed by atoms with Crippen molar-refractivity contribution in [3.05, 3.63) is 57.5 Å². The zero-order valence-electron chi connectivity index (χ0n) is 13.9. The number of nitrogens with one attached hydrogen (secondary N) is 1. The standard InChI is InChI=1S/C17H17Cl3N2O3S/c1-26(24,25)22(14-8-9-15(19)16(20)11-14)10-2-3-17(23)21-13-6-4-12(18)5-7-13/h4-9,11H,2-3,10H2,1H3,(H,21,23). The summed E-state index contributed by atoms with van der Waals surface area (Å²) in [5.74, 6) is -0.213. The molecule has 0 radical (unpaired) electrons. The predicted molar refractivity (Wildman–Crippen MR) is 108 cm³/mol. The fraction of sp³-hybridized carbons (Fsp3) is 0.235. The zero-order valence-corrected chi connectivity index (χ0v) is 17.0. The van der Waals surface area contributed by atoms with E-state index in [-0.39, 0.29) is 23.9 Å². The Morgan fingerprint density at radius 1 is 1.04 bits per heavy atom. The van der Waals surface area contributed by atoms with Gasteiger partial charge < -0.3 is 5.32 Å². The molecule has 2 rings (SSSR count). The molecule has 0 saturated heterocycles. The smallest absolute Gasteiger partial charge is 0.232 e. The Kier molecular flexibility index (Phi) is 7.17. The van der Waals surface area contributed by atoms with Gasteiger partial charge in [-0.2, -0.15) is 0 Å². The summed E-state index contributed by atoms with van der Waals surface area (Å²) in [6.07, 6.45) is 1.60. The normalized spacial score (nSPS) is 11.2. The first-order valence-corrected chi connectivity index (χ1v) is 10.6. The molecule has 0 unspecified atom stereocenters. The van der Waals surface area contributed by atoms with Crippen LogP contribution in [0, 0.1) is 0 Å². The number of anilines is 2. The minimum absolute atomic E-state index is 0.144. The average Bonchev–Trinajstić information content (AvgIpc) is 2.55. The molecule has 0 atom stereocenters. The fourth-order valence-corrected chi connectivity index (χ4v) is 3.64. The first kappa shape index (κ1) is 20.8. The summed E-state index contributed by atoms with van der Waals surface area (Å²) in [4.78, 5) is 12.0. The third-order valence-corrected chi connectivity index (χ3v) is 5.67. The third-order valence-electron chi connectivity index (χ3n) is 3.48. The number of benzene rings is 2. The van der Waals surface area contributed by atoms with Gasteiger partial charge in [-0.15, -0.1) is 0 Å². The van der Waals surface area contributed by atoms with Crippen molar-refractivity contribution in [3.63, 3.8) is 0 Å². The number of sulfonamides is 1. The van der Waals surface area contributed by atoms with Crippen LogP contribution in [0.15, 0.2) is 42.5 Å². The van der Waals surface area contributed by atoms with Crippen LogP contribution < -0.4 is 9.62 Å². The molecule has 0 saturated carbocycles. The first-order chi connectivity index (χ1) is 12.2. The number of carbonyl (C=O) groups excluding carboxylic acids is 1. The molecule has 9 heteroatoms. The SMILES string of the molecule is CS(=O)(=O)N(CCCC(=O)Nc1ccc(Cl)cc1)c1ccc(Cl)c(Cl)c1. The van der Waals surface area contributed by atoms with E-state index in [9.17, 15) is 13.2 Å². The van der Waals surface area contributed by atoms with Crippen molar-refractivity contribution in [1.82, 2.24) is 0 Å². The lowest BCUT2D eigenvalue weighted by Gasteiger charge is -2.22. The van der Waals surface area contributed by atoms with Crippen LogP contribution in [0.2, 0.25) is 15.1 Å². The first-order valence-electron chi connectivity index (χ1n) is 7.65. The summed E-state index contributed by atoms with van der Waals surface area (Å²) in [6, 6.07) is 11.3. The van der Waals surface area contributed by atoms with Crippen molar-refractivity contribution in [2.75, 3.05) is 22.4 Å². The maximum absolute atomic E-state index is 12.1. The van der Waals surface area contributed by atoms with E-state index in [2.05, 4.69) is 5.32 Å². The Morgan fingerprint density at radius 3 is 2.27 bits per heavy atom. The number of rotatable bonds is 7. The highest BCUT2D eigenvalue weighted by atomic mass is 35.5. The molecule has 0 aliphatic rings. The van der Waals surface area contributed by atoms with Crippen LogP contribution in [0.5, 0.6) is 0 Å². The van der Waals surface area contributed by atoms with Crippen molar-refractivity contribution in [1.29, 1.82) is 0 Å². The van der Waals surface area contributed by atoms with Crippen LogP contribution in [0.25, 0.3) is 0 Å². The van der Waals surface area contributed by atoms with Crippen LogP contribution in [-0.2, 0) is 14.8 Å². The number of carbonyl (C=O) groups is 1. The van der Waals surface area contributed by atoms with Gasteiger partial charge in [0, 0.05) is 23.7 Å². The second kappa shape index (κ2) is 8.95. The van der Waals surface area contributed by atoms with Gasteiger partial charge in [-0.1, -0.05) is 34.8 Å². The lowest BCUT2D eigenvalue weighted by Crippen LogP contribution is -2.31. The maximum Gasteiger partial charge on any atom is 0.232 e. The zero-order chi connectivity index (χ0) is 19.3. The Labute approximate surface area is 167 Å². The highest BCUT2D eigenvalue weighted by molar-refractivity contribution is 7.92. The summed E-state index contributed by atoms with van der Waals surface area (Å²) in [5.41, 5.74) is 1.03. The molecule has 0 aromatic heterocycles. The fourth-order valence-electron chi connectivity index (χ4n) is 2.27. The van der Waals surface area contributed by atoms with E-state index in [1.165, 1.54) is 16.4 Å². The van der Waals surface area contributed by atoms with E-state index in [1.807, 2.05) is 0 Å². The van der Waals surface area contributed by atoms with Crippen molar-refractivity contribution in [3.8, 4) is 0 Å². The van der Waals surface area contributed by atoms with Gasteiger partial charge in [0.2, 0.25) is 15.9 Å². The molecule has 2 aromatic rings. The molecule has 0 aliphatic heterocycles. The maximum atomic E-state index is 12.1. The molecule has 0 heterocycles. The molecular formula is C17H17Cl3N2O3S. The minimum atomic E-state index is -3.52. The molecule has 140 valence electrons. The molecular weight excluding hydrogens is 419 g/mol. The molecule has 0 aliphatic carbocycles.